The number of benzene rings is 1. The quantitative estimate of drug-likeness (QED) is 0.565. The number of primary amides is 1. The van der Waals surface area contributed by atoms with Gasteiger partial charge in [-0.3, -0.25) is 24.5 Å². The van der Waals surface area contributed by atoms with Gasteiger partial charge >= 0.3 is 0 Å². The van der Waals surface area contributed by atoms with Crippen LogP contribution in [0.2, 0.25) is 0 Å². The fraction of sp³-hybridized carbons (Fsp3) is 0.583. The molecule has 168 valence electrons. The third-order valence-electron chi connectivity index (χ3n) is 8.28. The monoisotopic (exact) mass is 436 g/mol. The average Bonchev–Trinajstić information content (AvgIpc) is 3.47. The number of piperidine rings is 1. The molecule has 8 heteroatoms. The minimum absolute atomic E-state index is 0.129. The van der Waals surface area contributed by atoms with Gasteiger partial charge in [0.2, 0.25) is 17.7 Å². The van der Waals surface area contributed by atoms with Crippen molar-refractivity contribution in [1.82, 2.24) is 10.2 Å². The van der Waals surface area contributed by atoms with Crippen molar-refractivity contribution < 1.29 is 19.2 Å². The maximum absolute atomic E-state index is 13.5. The van der Waals surface area contributed by atoms with Crippen LogP contribution in [-0.2, 0) is 14.4 Å². The van der Waals surface area contributed by atoms with Gasteiger partial charge in [0, 0.05) is 28.8 Å². The van der Waals surface area contributed by atoms with Crippen LogP contribution in [0.15, 0.2) is 18.2 Å². The maximum Gasteiger partial charge on any atom is 0.255 e. The summed E-state index contributed by atoms with van der Waals surface area (Å²) in [5, 5.41) is 6.07. The van der Waals surface area contributed by atoms with Crippen LogP contribution in [0.3, 0.4) is 0 Å². The molecule has 2 bridgehead atoms. The third-order valence-corrected chi connectivity index (χ3v) is 8.28. The van der Waals surface area contributed by atoms with Crippen molar-refractivity contribution in [3.63, 3.8) is 0 Å². The van der Waals surface area contributed by atoms with Gasteiger partial charge in [0.25, 0.3) is 5.91 Å². The van der Waals surface area contributed by atoms with Crippen molar-refractivity contribution in [1.29, 1.82) is 0 Å². The lowest BCUT2D eigenvalue weighted by Crippen LogP contribution is -2.74. The fourth-order valence-corrected chi connectivity index (χ4v) is 6.50. The molecule has 0 radical (unpaired) electrons. The van der Waals surface area contributed by atoms with Gasteiger partial charge in [-0.1, -0.05) is 18.9 Å². The number of anilines is 1. The second-order valence-corrected chi connectivity index (χ2v) is 10.6. The first-order valence-corrected chi connectivity index (χ1v) is 11.7. The number of carbonyl (C=O) groups is 4. The zero-order valence-electron chi connectivity index (χ0n) is 18.0. The minimum atomic E-state index is -0.627. The number of hydrogen-bond donors (Lipinski definition) is 3. The summed E-state index contributed by atoms with van der Waals surface area (Å²) >= 11 is 0. The summed E-state index contributed by atoms with van der Waals surface area (Å²) in [7, 11) is 0. The Morgan fingerprint density at radius 1 is 1.12 bits per heavy atom. The van der Waals surface area contributed by atoms with Gasteiger partial charge in [-0.2, -0.15) is 0 Å². The molecule has 0 spiro atoms. The van der Waals surface area contributed by atoms with Gasteiger partial charge in [-0.25, -0.2) is 0 Å². The van der Waals surface area contributed by atoms with Crippen LogP contribution in [0.25, 0.3) is 0 Å². The smallest absolute Gasteiger partial charge is 0.255 e. The first-order valence-electron chi connectivity index (χ1n) is 11.7. The third kappa shape index (κ3) is 2.81. The highest BCUT2D eigenvalue weighted by Gasteiger charge is 2.71. The van der Waals surface area contributed by atoms with Crippen LogP contribution in [0, 0.1) is 11.3 Å². The number of nitrogens with two attached hydrogens (primary N) is 1. The van der Waals surface area contributed by atoms with Crippen molar-refractivity contribution in [3.05, 3.63) is 29.3 Å². The van der Waals surface area contributed by atoms with Crippen molar-refractivity contribution in [2.24, 2.45) is 17.1 Å². The highest BCUT2D eigenvalue weighted by Crippen LogP contribution is 2.68. The zero-order valence-corrected chi connectivity index (χ0v) is 18.0. The summed E-state index contributed by atoms with van der Waals surface area (Å²) in [5.41, 5.74) is 7.60. The lowest BCUT2D eigenvalue weighted by Gasteiger charge is -2.69. The van der Waals surface area contributed by atoms with Crippen LogP contribution in [0.5, 0.6) is 0 Å². The van der Waals surface area contributed by atoms with E-state index < -0.39 is 6.04 Å². The number of amides is 4. The molecular weight excluding hydrogens is 408 g/mol. The van der Waals surface area contributed by atoms with E-state index in [0.717, 1.165) is 43.4 Å². The van der Waals surface area contributed by atoms with Gasteiger partial charge in [0.15, 0.2) is 0 Å². The van der Waals surface area contributed by atoms with Gasteiger partial charge in [-0.15, -0.1) is 0 Å². The van der Waals surface area contributed by atoms with E-state index in [1.165, 1.54) is 12.8 Å². The number of carbonyl (C=O) groups excluding carboxylic acids is 4. The highest BCUT2D eigenvalue weighted by atomic mass is 16.2. The number of nitrogens with one attached hydrogen (secondary N) is 2. The Morgan fingerprint density at radius 2 is 1.88 bits per heavy atom. The van der Waals surface area contributed by atoms with Crippen LogP contribution in [-0.4, -0.2) is 40.1 Å². The minimum Gasteiger partial charge on any atom is -0.379 e. The van der Waals surface area contributed by atoms with E-state index in [9.17, 15) is 19.2 Å². The molecule has 2 aliphatic heterocycles. The first-order chi connectivity index (χ1) is 15.3. The maximum atomic E-state index is 13.5. The Bertz CT molecular complexity index is 1040. The standard InChI is InChI=1S/C24H28N4O4/c25-22(32)23-10-24(11-23,12-23)27-15-3-1-2-14-19(15)16(7-6-13-4-5-13)28(21(14)31)17-8-9-18(29)26-20(17)30/h1-3,13,16-17,27H,4-12H2,(H2,25,32)(H,26,29,30). The SMILES string of the molecule is NC(=O)C12CC(Nc3cccc4c3C(CCC3CC3)N(C3CCC(=O)NC3=O)C4=O)(C1)C2. The van der Waals surface area contributed by atoms with Gasteiger partial charge in [-0.05, 0) is 56.6 Å². The summed E-state index contributed by atoms with van der Waals surface area (Å²) in [6.07, 6.45) is 7.08. The van der Waals surface area contributed by atoms with Crippen LogP contribution < -0.4 is 16.4 Å². The Balaban J connectivity index is 1.32. The molecule has 4 N–H and O–H groups in total. The molecule has 4 aliphatic carbocycles. The van der Waals surface area contributed by atoms with Gasteiger partial charge in [0.1, 0.15) is 6.04 Å². The van der Waals surface area contributed by atoms with Gasteiger partial charge < -0.3 is 16.0 Å². The van der Waals surface area contributed by atoms with Crippen molar-refractivity contribution in [3.8, 4) is 0 Å². The van der Waals surface area contributed by atoms with Crippen molar-refractivity contribution >= 4 is 29.3 Å². The lowest BCUT2D eigenvalue weighted by atomic mass is 9.39. The number of rotatable bonds is 7. The van der Waals surface area contributed by atoms with E-state index in [1.807, 2.05) is 18.2 Å². The fourth-order valence-electron chi connectivity index (χ4n) is 6.50. The summed E-state index contributed by atoms with van der Waals surface area (Å²) in [5.74, 6) is -0.312. The molecule has 4 saturated carbocycles. The number of fused-ring (bicyclic) bond motifs is 1. The van der Waals surface area contributed by atoms with Crippen molar-refractivity contribution in [2.75, 3.05) is 5.32 Å². The topological polar surface area (TPSA) is 122 Å². The van der Waals surface area contributed by atoms with Crippen LogP contribution in [0.4, 0.5) is 5.69 Å². The highest BCUT2D eigenvalue weighted by molar-refractivity contribution is 6.06. The zero-order chi connectivity index (χ0) is 22.3. The molecule has 8 nitrogen and oxygen atoms in total. The van der Waals surface area contributed by atoms with E-state index in [-0.39, 0.29) is 47.0 Å². The second-order valence-electron chi connectivity index (χ2n) is 10.6. The Hall–Kier alpha value is -2.90. The Morgan fingerprint density at radius 3 is 2.53 bits per heavy atom. The molecule has 2 heterocycles. The molecular formula is C24H28N4O4. The molecule has 4 amide bonds. The number of hydrogen-bond acceptors (Lipinski definition) is 5. The summed E-state index contributed by atoms with van der Waals surface area (Å²) in [6.45, 7) is 0. The molecule has 2 unspecified atom stereocenters. The van der Waals surface area contributed by atoms with E-state index in [1.54, 1.807) is 4.90 Å². The normalized spacial score (nSPS) is 35.0. The summed E-state index contributed by atoms with van der Waals surface area (Å²) in [6, 6.07) is 4.90. The number of imide groups is 1. The molecule has 1 aromatic carbocycles. The molecule has 7 rings (SSSR count). The molecule has 32 heavy (non-hydrogen) atoms. The van der Waals surface area contributed by atoms with E-state index in [2.05, 4.69) is 10.6 Å². The lowest BCUT2D eigenvalue weighted by molar-refractivity contribution is -0.164. The summed E-state index contributed by atoms with van der Waals surface area (Å²) in [4.78, 5) is 51.3. The number of nitrogens with zero attached hydrogens (tertiary/aromatic N) is 1. The largest absolute Gasteiger partial charge is 0.379 e. The Labute approximate surface area is 186 Å². The van der Waals surface area contributed by atoms with Crippen LogP contribution >= 0.6 is 0 Å². The van der Waals surface area contributed by atoms with E-state index in [4.69, 9.17) is 5.73 Å². The predicted octanol–water partition coefficient (Wildman–Crippen LogP) is 2.00. The predicted molar refractivity (Wildman–Crippen MR) is 115 cm³/mol. The average molecular weight is 437 g/mol. The first kappa shape index (κ1) is 19.8. The molecule has 0 aromatic heterocycles. The van der Waals surface area contributed by atoms with Gasteiger partial charge in [0.05, 0.1) is 11.5 Å². The molecule has 1 aromatic rings. The molecule has 2 atom stereocenters. The van der Waals surface area contributed by atoms with E-state index in [0.29, 0.717) is 17.9 Å². The van der Waals surface area contributed by atoms with Crippen LogP contribution in [0.1, 0.15) is 79.8 Å². The molecule has 6 aliphatic rings. The summed E-state index contributed by atoms with van der Waals surface area (Å²) < 4.78 is 0. The molecule has 1 saturated heterocycles. The van der Waals surface area contributed by atoms with Crippen molar-refractivity contribution in [2.45, 2.75) is 75.4 Å². The van der Waals surface area contributed by atoms with E-state index >= 15 is 0 Å². The second kappa shape index (κ2) is 6.56. The molecule has 5 fully saturated rings. The Kier molecular flexibility index (Phi) is 4.05.